The average Bonchev–Trinajstić information content (AvgIpc) is 2.89. The van der Waals surface area contributed by atoms with Gasteiger partial charge in [-0.15, -0.1) is 0 Å². The monoisotopic (exact) mass is 501 g/mol. The number of nitrogens with one attached hydrogen (secondary N) is 1. The summed E-state index contributed by atoms with van der Waals surface area (Å²) in [6, 6.07) is 20.9. The molecule has 0 saturated heterocycles. The summed E-state index contributed by atoms with van der Waals surface area (Å²) in [6.07, 6.45) is 5.29. The molecular formula is C32H43N3O2. The fraction of sp³-hybridized carbons (Fsp3) is 0.406. The van der Waals surface area contributed by atoms with Crippen LogP contribution < -0.4 is 5.32 Å². The van der Waals surface area contributed by atoms with Crippen molar-refractivity contribution in [2.24, 2.45) is 0 Å². The van der Waals surface area contributed by atoms with Gasteiger partial charge in [-0.25, -0.2) is 0 Å². The van der Waals surface area contributed by atoms with Crippen molar-refractivity contribution in [1.82, 2.24) is 9.88 Å². The number of Topliss-reactive ketones (excluding diaryl/α,β-unsaturated/α-hetero) is 1. The minimum Gasteiger partial charge on any atom is -0.388 e. The van der Waals surface area contributed by atoms with Crippen LogP contribution in [-0.4, -0.2) is 35.2 Å². The van der Waals surface area contributed by atoms with Gasteiger partial charge in [0.1, 0.15) is 5.78 Å². The van der Waals surface area contributed by atoms with Gasteiger partial charge in [0.15, 0.2) is 0 Å². The number of hydrogen-bond acceptors (Lipinski definition) is 4. The van der Waals surface area contributed by atoms with Gasteiger partial charge >= 0.3 is 0 Å². The third-order valence-corrected chi connectivity index (χ3v) is 6.44. The zero-order chi connectivity index (χ0) is 27.4. The molecule has 37 heavy (non-hydrogen) atoms. The van der Waals surface area contributed by atoms with E-state index in [1.807, 2.05) is 31.0 Å². The summed E-state index contributed by atoms with van der Waals surface area (Å²) in [4.78, 5) is 29.0. The molecule has 2 aromatic carbocycles. The van der Waals surface area contributed by atoms with Gasteiger partial charge in [0.05, 0.1) is 6.04 Å². The lowest BCUT2D eigenvalue weighted by molar-refractivity contribution is -0.133. The summed E-state index contributed by atoms with van der Waals surface area (Å²) in [6.45, 7) is 13.0. The molecule has 0 bridgehead atoms. The molecule has 1 amide bonds. The predicted octanol–water partition coefficient (Wildman–Crippen LogP) is 6.78. The first-order chi connectivity index (χ1) is 17.5. The number of carbonyl (C=O) groups excluding carboxylic acids is 2. The van der Waals surface area contributed by atoms with Gasteiger partial charge in [-0.3, -0.25) is 14.6 Å². The second-order valence-electron chi connectivity index (χ2n) is 10.4. The van der Waals surface area contributed by atoms with E-state index in [0.717, 1.165) is 24.2 Å². The topological polar surface area (TPSA) is 62.3 Å². The summed E-state index contributed by atoms with van der Waals surface area (Å²) < 4.78 is 0. The highest BCUT2D eigenvalue weighted by molar-refractivity contribution is 5.78. The van der Waals surface area contributed by atoms with E-state index in [2.05, 4.69) is 86.5 Å². The van der Waals surface area contributed by atoms with Crippen LogP contribution >= 0.6 is 0 Å². The molecule has 3 aromatic rings. The normalized spacial score (nSPS) is 11.6. The molecule has 1 aromatic heterocycles. The van der Waals surface area contributed by atoms with E-state index in [0.29, 0.717) is 12.8 Å². The fourth-order valence-electron chi connectivity index (χ4n) is 4.05. The highest BCUT2D eigenvalue weighted by atomic mass is 16.2. The van der Waals surface area contributed by atoms with Gasteiger partial charge in [0, 0.05) is 44.5 Å². The number of pyridine rings is 1. The summed E-state index contributed by atoms with van der Waals surface area (Å²) in [5, 5.41) is 3.14. The molecular weight excluding hydrogens is 458 g/mol. The van der Waals surface area contributed by atoms with E-state index in [-0.39, 0.29) is 23.1 Å². The average molecular weight is 502 g/mol. The maximum absolute atomic E-state index is 12.6. The summed E-state index contributed by atoms with van der Waals surface area (Å²) in [5.74, 6) is 0.389. The lowest BCUT2D eigenvalue weighted by atomic mass is 9.86. The Morgan fingerprint density at radius 2 is 1.51 bits per heavy atom. The number of hydrogen-bond donors (Lipinski definition) is 1. The predicted molar refractivity (Wildman–Crippen MR) is 154 cm³/mol. The van der Waals surface area contributed by atoms with Crippen molar-refractivity contribution >= 4 is 17.4 Å². The van der Waals surface area contributed by atoms with Crippen LogP contribution in [0.1, 0.15) is 76.3 Å². The smallest absolute Gasteiger partial charge is 0.222 e. The number of nitrogens with zero attached hydrogens (tertiary/aromatic N) is 2. The summed E-state index contributed by atoms with van der Waals surface area (Å²) in [7, 11) is 1.92. The molecule has 1 heterocycles. The molecule has 0 aliphatic rings. The Kier molecular flexibility index (Phi) is 11.5. The van der Waals surface area contributed by atoms with Crippen molar-refractivity contribution < 1.29 is 9.59 Å². The van der Waals surface area contributed by atoms with Crippen molar-refractivity contribution in [3.63, 3.8) is 0 Å². The Balaban J connectivity index is 0.000000402. The number of benzene rings is 2. The van der Waals surface area contributed by atoms with Gasteiger partial charge in [-0.05, 0) is 72.2 Å². The van der Waals surface area contributed by atoms with E-state index in [1.165, 1.54) is 16.7 Å². The fourth-order valence-corrected chi connectivity index (χ4v) is 4.05. The molecule has 0 radical (unpaired) electrons. The van der Waals surface area contributed by atoms with Crippen LogP contribution in [0.2, 0.25) is 0 Å². The van der Waals surface area contributed by atoms with Gasteiger partial charge in [-0.2, -0.15) is 0 Å². The molecule has 1 unspecified atom stereocenters. The van der Waals surface area contributed by atoms with Crippen LogP contribution in [0.25, 0.3) is 0 Å². The maximum atomic E-state index is 12.6. The van der Waals surface area contributed by atoms with Crippen LogP contribution in [-0.2, 0) is 27.8 Å². The summed E-state index contributed by atoms with van der Waals surface area (Å²) >= 11 is 0. The Morgan fingerprint density at radius 1 is 0.919 bits per heavy atom. The molecule has 0 fully saturated rings. The third kappa shape index (κ3) is 9.83. The molecule has 0 spiro atoms. The van der Waals surface area contributed by atoms with Crippen LogP contribution in [0.4, 0.5) is 5.69 Å². The highest BCUT2D eigenvalue weighted by Crippen LogP contribution is 2.27. The van der Waals surface area contributed by atoms with Crippen molar-refractivity contribution in [3.05, 3.63) is 95.3 Å². The first-order valence-corrected chi connectivity index (χ1v) is 13.1. The van der Waals surface area contributed by atoms with Crippen molar-refractivity contribution in [2.45, 2.75) is 72.3 Å². The maximum Gasteiger partial charge on any atom is 0.222 e. The largest absolute Gasteiger partial charge is 0.388 e. The molecule has 0 aliphatic heterocycles. The Hall–Kier alpha value is -3.47. The first kappa shape index (κ1) is 29.8. The SMILES string of the molecule is CC(=O)Cc1ccncc1.CCC(=O)N(CCc1ccc(NC)cc1)C(C)c1ccc(C(C)(C)C)cc1. The van der Waals surface area contributed by atoms with Crippen molar-refractivity contribution in [2.75, 3.05) is 18.9 Å². The Labute approximate surface area is 223 Å². The minimum atomic E-state index is 0.0723. The van der Waals surface area contributed by atoms with Crippen LogP contribution in [0.5, 0.6) is 0 Å². The Morgan fingerprint density at radius 3 is 2.00 bits per heavy atom. The van der Waals surface area contributed by atoms with Gasteiger partial charge in [-0.1, -0.05) is 64.1 Å². The standard InChI is InChI=1S/C24H34N2O.C8H9NO/c1-7-23(27)26(17-16-19-8-14-22(25-6)15-9-19)18(2)20-10-12-21(13-11-20)24(3,4)5;1-7(10)6-8-2-4-9-5-3-8/h8-15,18,25H,7,16-17H2,1-6H3;2-5H,6H2,1H3. The molecule has 0 aliphatic carbocycles. The number of ketones is 1. The molecule has 5 heteroatoms. The molecule has 5 nitrogen and oxygen atoms in total. The van der Waals surface area contributed by atoms with E-state index in [1.54, 1.807) is 19.3 Å². The molecule has 3 rings (SSSR count). The van der Waals surface area contributed by atoms with Gasteiger partial charge in [0.2, 0.25) is 5.91 Å². The Bertz CT molecular complexity index is 1100. The number of carbonyl (C=O) groups is 2. The molecule has 1 atom stereocenters. The zero-order valence-corrected chi connectivity index (χ0v) is 23.5. The van der Waals surface area contributed by atoms with E-state index < -0.39 is 0 Å². The lowest BCUT2D eigenvalue weighted by Gasteiger charge is -2.30. The molecule has 198 valence electrons. The van der Waals surface area contributed by atoms with Crippen molar-refractivity contribution in [1.29, 1.82) is 0 Å². The molecule has 0 saturated carbocycles. The second-order valence-corrected chi connectivity index (χ2v) is 10.4. The van der Waals surface area contributed by atoms with Crippen molar-refractivity contribution in [3.8, 4) is 0 Å². The number of rotatable bonds is 9. The minimum absolute atomic E-state index is 0.0723. The number of aromatic nitrogens is 1. The van der Waals surface area contributed by atoms with E-state index >= 15 is 0 Å². The quantitative estimate of drug-likeness (QED) is 0.351. The van der Waals surface area contributed by atoms with E-state index in [4.69, 9.17) is 0 Å². The van der Waals surface area contributed by atoms with E-state index in [9.17, 15) is 9.59 Å². The van der Waals surface area contributed by atoms with Crippen LogP contribution in [0.3, 0.4) is 0 Å². The van der Waals surface area contributed by atoms with Gasteiger partial charge < -0.3 is 10.2 Å². The van der Waals surface area contributed by atoms with Crippen LogP contribution in [0, 0.1) is 0 Å². The number of anilines is 1. The summed E-state index contributed by atoms with van der Waals surface area (Å²) in [5.41, 5.74) is 6.03. The lowest BCUT2D eigenvalue weighted by Crippen LogP contribution is -2.34. The first-order valence-electron chi connectivity index (χ1n) is 13.1. The van der Waals surface area contributed by atoms with Gasteiger partial charge in [0.25, 0.3) is 0 Å². The highest BCUT2D eigenvalue weighted by Gasteiger charge is 2.21. The number of amides is 1. The third-order valence-electron chi connectivity index (χ3n) is 6.44. The van der Waals surface area contributed by atoms with Crippen LogP contribution in [0.15, 0.2) is 73.1 Å². The second kappa shape index (κ2) is 14.3. The zero-order valence-electron chi connectivity index (χ0n) is 23.5. The molecule has 1 N–H and O–H groups in total.